The monoisotopic (exact) mass is 1640 g/mol. The van der Waals surface area contributed by atoms with E-state index in [-0.39, 0.29) is 36.2 Å². The maximum atomic E-state index is 12.2. The van der Waals surface area contributed by atoms with E-state index < -0.39 is 19.7 Å². The van der Waals surface area contributed by atoms with Crippen LogP contribution in [0.4, 0.5) is 0 Å². The molecule has 608 valence electrons. The van der Waals surface area contributed by atoms with Crippen molar-refractivity contribution in [2.75, 3.05) is 55.2 Å². The Labute approximate surface area is 692 Å². The summed E-state index contributed by atoms with van der Waals surface area (Å²) in [5.41, 5.74) is 17.6. The zero-order chi connectivity index (χ0) is 84.8. The molecule has 0 spiro atoms. The molecule has 0 radical (unpaired) electrons. The minimum Gasteiger partial charge on any atom is -0.497 e. The fourth-order valence-electron chi connectivity index (χ4n) is 14.7. The molecule has 0 unspecified atom stereocenters. The van der Waals surface area contributed by atoms with Crippen molar-refractivity contribution in [2.24, 2.45) is 0 Å². The third-order valence-electron chi connectivity index (χ3n) is 20.3. The van der Waals surface area contributed by atoms with Gasteiger partial charge in [-0.1, -0.05) is 36.4 Å². The molecule has 0 aliphatic rings. The number of pyridine rings is 6. The van der Waals surface area contributed by atoms with Gasteiger partial charge >= 0.3 is 0 Å². The van der Waals surface area contributed by atoms with Crippen molar-refractivity contribution in [3.8, 4) is 91.7 Å². The van der Waals surface area contributed by atoms with Crippen LogP contribution in [-0.2, 0) is 72.3 Å². The summed E-state index contributed by atoms with van der Waals surface area (Å²) in [5.74, 6) is 3.49. The largest absolute Gasteiger partial charge is 0.497 e. The lowest BCUT2D eigenvalue weighted by atomic mass is 10.0. The molecule has 28 heteroatoms. The van der Waals surface area contributed by atoms with Gasteiger partial charge < -0.3 is 67.1 Å². The van der Waals surface area contributed by atoms with Crippen LogP contribution < -0.4 is 28.4 Å². The highest BCUT2D eigenvalue weighted by atomic mass is 32.2. The fraction of sp³-hybridized carbons (Fsp3) is 0.174. The number of benzene rings is 6. The molecule has 16 aromatic rings. The number of ether oxygens (including phenoxy) is 6. The summed E-state index contributed by atoms with van der Waals surface area (Å²) in [6.07, 6.45) is 12.6. The lowest BCUT2D eigenvalue weighted by Crippen LogP contribution is -2.06. The highest BCUT2D eigenvalue weighted by molar-refractivity contribution is 7.91. The van der Waals surface area contributed by atoms with E-state index in [9.17, 15) is 47.8 Å². The number of sulfone groups is 2. The van der Waals surface area contributed by atoms with Gasteiger partial charge in [0.1, 0.15) is 11.5 Å². The number of fused-ring (bicyclic) bond motifs is 4. The van der Waals surface area contributed by atoms with Crippen molar-refractivity contribution < 1.29 is 65.7 Å². The zero-order valence-electron chi connectivity index (χ0n) is 66.8. The predicted molar refractivity (Wildman–Crippen MR) is 457 cm³/mol. The van der Waals surface area contributed by atoms with Crippen molar-refractivity contribution in [3.05, 3.63) is 300 Å². The summed E-state index contributed by atoms with van der Waals surface area (Å²) in [5, 5.41) is 63.2. The molecule has 10 heterocycles. The first kappa shape index (κ1) is 83.8. The number of aliphatic hydroxyl groups excluding tert-OH is 4. The Morgan fingerprint density at radius 2 is 0.642 bits per heavy atom. The van der Waals surface area contributed by atoms with Crippen LogP contribution in [0.25, 0.3) is 88.1 Å². The minimum absolute atomic E-state index is 0.148. The molecule has 26 nitrogen and oxygen atoms in total. The Balaban J connectivity index is 0.000000138. The maximum Gasteiger partial charge on any atom is 0.212 e. The highest BCUT2D eigenvalue weighted by Gasteiger charge is 2.26. The zero-order valence-corrected chi connectivity index (χ0v) is 68.4. The number of aliphatic hydroxyl groups is 4. The summed E-state index contributed by atoms with van der Waals surface area (Å²) in [6.45, 7) is 1.24. The van der Waals surface area contributed by atoms with E-state index in [1.165, 1.54) is 19.6 Å². The van der Waals surface area contributed by atoms with Gasteiger partial charge in [-0.25, -0.2) is 36.8 Å². The first-order valence-electron chi connectivity index (χ1n) is 37.5. The van der Waals surface area contributed by atoms with Gasteiger partial charge in [0.15, 0.2) is 19.7 Å². The standard InChI is InChI=1S/C24H21N3O3.C24H24N2O5S.C22H18N4O2.C22H21N3O4S/c1-29-19-5-3-4-17(10-19)14-27-21-8-6-16(12-25)11-20(21)24(22(27)15-28)18-7-9-23(30-2)26-13-18;1-30-18-6-4-5-16(11-18)14-26-21-9-8-19(32(3,28)29)12-20(21)24(22(26)15-27)17-7-10-23(31-2)25-13-17;1-28-21-8-6-16(12-25-21)22-18-10-15(11-23)5-7-19(18)26(20(22)14-27)13-17-4-2-3-9-24-17;1-29-21-9-6-15(12-24-21)22-18-11-17(30(2,27)28)7-8-19(18)25(20(22)14-26)13-16-5-3-4-10-23-16/h3-11,13,28H,14-15H2,1-2H3;4-13,27H,14-15H2,1-3H3;2-10,12,27H,13-14H2,1H3;3-12,26H,13-14H2,1-2H3. The van der Waals surface area contributed by atoms with Crippen molar-refractivity contribution in [1.29, 1.82) is 10.5 Å². The van der Waals surface area contributed by atoms with Gasteiger partial charge in [0.25, 0.3) is 0 Å². The summed E-state index contributed by atoms with van der Waals surface area (Å²) < 4.78 is 88.2. The number of hydrogen-bond donors (Lipinski definition) is 4. The lowest BCUT2D eigenvalue weighted by Gasteiger charge is -2.12. The van der Waals surface area contributed by atoms with Crippen LogP contribution >= 0.6 is 0 Å². The smallest absolute Gasteiger partial charge is 0.212 e. The number of methoxy groups -OCH3 is 6. The first-order chi connectivity index (χ1) is 58.2. The molecule has 0 amide bonds. The molecule has 4 N–H and O–H groups in total. The van der Waals surface area contributed by atoms with E-state index in [2.05, 4.69) is 46.6 Å². The van der Waals surface area contributed by atoms with Crippen molar-refractivity contribution in [1.82, 2.24) is 48.2 Å². The van der Waals surface area contributed by atoms with E-state index in [0.29, 0.717) is 72.2 Å². The van der Waals surface area contributed by atoms with Crippen LogP contribution in [0.1, 0.15) is 56.4 Å². The second-order valence-electron chi connectivity index (χ2n) is 27.6. The predicted octanol–water partition coefficient (Wildman–Crippen LogP) is 14.4. The van der Waals surface area contributed by atoms with E-state index >= 15 is 0 Å². The second kappa shape index (κ2) is 37.4. The van der Waals surface area contributed by atoms with Gasteiger partial charge in [-0.2, -0.15) is 10.5 Å². The molecular formula is C92H84N12O14S2. The number of nitrogens with zero attached hydrogens (tertiary/aromatic N) is 12. The average molecular weight is 1650 g/mol. The third kappa shape index (κ3) is 18.2. The number of nitriles is 2. The maximum absolute atomic E-state index is 12.2. The SMILES string of the molecule is COc1ccc(-c2c(CO)n(Cc3ccccn3)c3ccc(C#N)cc23)cn1.COc1ccc(-c2c(CO)n(Cc3ccccn3)c3ccc(S(C)(=O)=O)cc23)cn1.COc1cccc(Cn2c(CO)c(-c3ccc(OC)nc3)c3cc(C#N)ccc32)c1.COc1cccc(Cn2c(CO)c(-c3ccc(OC)nc3)c3cc(S(C)(=O)=O)ccc32)c1. The Bertz CT molecular complexity index is 6690. The molecule has 0 atom stereocenters. The average Bonchev–Trinajstić information content (AvgIpc) is 1.61. The van der Waals surface area contributed by atoms with Gasteiger partial charge in [0.2, 0.25) is 23.5 Å². The Kier molecular flexibility index (Phi) is 26.2. The molecule has 10 aromatic heterocycles. The van der Waals surface area contributed by atoms with Gasteiger partial charge in [-0.05, 0) is 157 Å². The molecular weight excluding hydrogens is 1560 g/mol. The molecule has 0 aliphatic heterocycles. The number of hydrogen-bond acceptors (Lipinski definition) is 22. The van der Waals surface area contributed by atoms with Crippen molar-refractivity contribution in [2.45, 2.75) is 62.4 Å². The van der Waals surface area contributed by atoms with Crippen LogP contribution in [0.5, 0.6) is 35.0 Å². The molecule has 0 fully saturated rings. The molecule has 6 aromatic carbocycles. The summed E-state index contributed by atoms with van der Waals surface area (Å²) >= 11 is 0. The van der Waals surface area contributed by atoms with Gasteiger partial charge in [0.05, 0.1) is 149 Å². The van der Waals surface area contributed by atoms with Crippen LogP contribution in [-0.4, -0.2) is 141 Å². The number of aromatic nitrogens is 10. The molecule has 0 bridgehead atoms. The Morgan fingerprint density at radius 1 is 0.333 bits per heavy atom. The lowest BCUT2D eigenvalue weighted by molar-refractivity contribution is 0.272. The minimum atomic E-state index is -3.41. The van der Waals surface area contributed by atoms with E-state index in [0.717, 1.165) is 134 Å². The van der Waals surface area contributed by atoms with Gasteiger partial charge in [0, 0.05) is 175 Å². The first-order valence-corrected chi connectivity index (χ1v) is 41.3. The molecule has 0 saturated heterocycles. The van der Waals surface area contributed by atoms with E-state index in [4.69, 9.17) is 28.4 Å². The molecule has 0 saturated carbocycles. The van der Waals surface area contributed by atoms with Crippen LogP contribution in [0.3, 0.4) is 0 Å². The molecule has 16 rings (SSSR count). The Morgan fingerprint density at radius 3 is 0.900 bits per heavy atom. The third-order valence-corrected chi connectivity index (χ3v) is 22.5. The normalized spacial score (nSPS) is 11.2. The topological polar surface area (TPSA) is 349 Å². The highest BCUT2D eigenvalue weighted by Crippen LogP contribution is 2.42. The van der Waals surface area contributed by atoms with Gasteiger partial charge in [-0.15, -0.1) is 0 Å². The molecule has 0 aliphatic carbocycles. The summed E-state index contributed by atoms with van der Waals surface area (Å²) in [6, 6.07) is 67.1. The van der Waals surface area contributed by atoms with E-state index in [1.807, 2.05) is 147 Å². The van der Waals surface area contributed by atoms with Crippen molar-refractivity contribution in [3.63, 3.8) is 0 Å². The van der Waals surface area contributed by atoms with Gasteiger partial charge in [-0.3, -0.25) is 9.97 Å². The van der Waals surface area contributed by atoms with E-state index in [1.54, 1.807) is 146 Å². The second-order valence-corrected chi connectivity index (χ2v) is 31.6. The van der Waals surface area contributed by atoms with Crippen LogP contribution in [0.2, 0.25) is 0 Å². The fourth-order valence-corrected chi connectivity index (χ4v) is 16.0. The quantitative estimate of drug-likeness (QED) is 0.0436. The molecule has 120 heavy (non-hydrogen) atoms. The van der Waals surface area contributed by atoms with Crippen LogP contribution in [0.15, 0.2) is 253 Å². The Hall–Kier alpha value is -14.1. The van der Waals surface area contributed by atoms with Crippen LogP contribution in [0, 0.1) is 22.7 Å². The number of rotatable bonds is 24. The van der Waals surface area contributed by atoms with Crippen molar-refractivity contribution >= 4 is 63.3 Å². The summed E-state index contributed by atoms with van der Waals surface area (Å²) in [4.78, 5) is 26.4. The summed E-state index contributed by atoms with van der Waals surface area (Å²) in [7, 11) is 2.68.